The number of hydrogen-bond acceptors (Lipinski definition) is 0. The molecule has 0 saturated carbocycles. The summed E-state index contributed by atoms with van der Waals surface area (Å²) < 4.78 is 73.0. The second-order valence-corrected chi connectivity index (χ2v) is 7.32. The normalized spacial score (nSPS) is 12.4. The number of fused-ring (bicyclic) bond motifs is 1. The Morgan fingerprint density at radius 2 is 1.47 bits per heavy atom. The van der Waals surface area contributed by atoms with Crippen LogP contribution >= 0.6 is 0 Å². The van der Waals surface area contributed by atoms with Gasteiger partial charge in [-0.2, -0.15) is 0 Å². The molecule has 0 N–H and O–H groups in total. The molecule has 0 aliphatic heterocycles. The number of benzene rings is 3. The van der Waals surface area contributed by atoms with Crippen molar-refractivity contribution in [3.63, 3.8) is 0 Å². The fraction of sp³-hybridized carbons (Fsp3) is 0.280. The van der Waals surface area contributed by atoms with Crippen molar-refractivity contribution in [3.8, 4) is 0 Å². The molecule has 3 aromatic rings. The molecular weight excluding hydrogens is 395 g/mol. The lowest BCUT2D eigenvalue weighted by Crippen LogP contribution is -1.99. The van der Waals surface area contributed by atoms with Gasteiger partial charge in [-0.05, 0) is 41.8 Å². The second-order valence-electron chi connectivity index (χ2n) is 7.32. The van der Waals surface area contributed by atoms with Gasteiger partial charge in [-0.15, -0.1) is 0 Å². The van der Waals surface area contributed by atoms with Crippen molar-refractivity contribution in [3.05, 3.63) is 82.2 Å². The molecule has 0 radical (unpaired) electrons. The quantitative estimate of drug-likeness (QED) is 0.206. The smallest absolute Gasteiger partial charge is 0.170 e. The van der Waals surface area contributed by atoms with Gasteiger partial charge in [-0.3, -0.25) is 0 Å². The molecule has 5 heteroatoms. The second kappa shape index (κ2) is 9.41. The largest absolute Gasteiger partial charge is 0.206 e. The van der Waals surface area contributed by atoms with Crippen LogP contribution in [0.25, 0.3) is 22.4 Å². The standard InChI is InChI=1S/C25H23F5/c1-3-5-6-7-15-8-10-17(11-9-15)22(27)23(28)19-14-18-13-12-16(4-2)21(26)20(18)25(30)24(19)29/h8-14H,3-7H2,1-2H3. The number of aryl methyl sites for hydroxylation is 2. The summed E-state index contributed by atoms with van der Waals surface area (Å²) in [6.45, 7) is 3.78. The van der Waals surface area contributed by atoms with Gasteiger partial charge in [0.05, 0.1) is 10.9 Å². The van der Waals surface area contributed by atoms with E-state index in [1.165, 1.54) is 24.3 Å². The third kappa shape index (κ3) is 4.25. The summed E-state index contributed by atoms with van der Waals surface area (Å²) in [5.74, 6) is -6.84. The van der Waals surface area contributed by atoms with Gasteiger partial charge in [0.2, 0.25) is 0 Å². The average Bonchev–Trinajstić information content (AvgIpc) is 2.76. The zero-order valence-corrected chi connectivity index (χ0v) is 17.0. The molecule has 0 fully saturated rings. The van der Waals surface area contributed by atoms with Crippen LogP contribution in [0, 0.1) is 17.5 Å². The lowest BCUT2D eigenvalue weighted by atomic mass is 9.99. The minimum absolute atomic E-state index is 0.0344. The molecule has 0 amide bonds. The Kier molecular flexibility index (Phi) is 6.91. The molecule has 3 rings (SSSR count). The minimum Gasteiger partial charge on any atom is -0.206 e. The summed E-state index contributed by atoms with van der Waals surface area (Å²) >= 11 is 0. The molecule has 0 aliphatic carbocycles. The number of halogens is 5. The lowest BCUT2D eigenvalue weighted by Gasteiger charge is -2.10. The minimum atomic E-state index is -1.61. The first-order valence-corrected chi connectivity index (χ1v) is 10.1. The van der Waals surface area contributed by atoms with Crippen LogP contribution in [0.15, 0.2) is 42.5 Å². The summed E-state index contributed by atoms with van der Waals surface area (Å²) in [6, 6.07) is 9.95. The topological polar surface area (TPSA) is 0 Å². The van der Waals surface area contributed by atoms with Crippen LogP contribution in [0.1, 0.15) is 55.4 Å². The Balaban J connectivity index is 2.01. The maximum absolute atomic E-state index is 14.8. The van der Waals surface area contributed by atoms with E-state index in [2.05, 4.69) is 6.92 Å². The number of rotatable bonds is 7. The van der Waals surface area contributed by atoms with E-state index in [0.717, 1.165) is 37.3 Å². The SMILES string of the molecule is CCCCCc1ccc(C(F)=C(F)c2cc3ccc(CC)c(F)c3c(F)c2F)cc1. The molecule has 0 atom stereocenters. The Hall–Kier alpha value is -2.69. The van der Waals surface area contributed by atoms with Gasteiger partial charge in [-0.1, -0.05) is 63.1 Å². The highest BCUT2D eigenvalue weighted by Crippen LogP contribution is 2.35. The van der Waals surface area contributed by atoms with Gasteiger partial charge in [0.15, 0.2) is 23.3 Å². The first kappa shape index (κ1) is 22.0. The summed E-state index contributed by atoms with van der Waals surface area (Å²) in [7, 11) is 0. The summed E-state index contributed by atoms with van der Waals surface area (Å²) in [4.78, 5) is 0. The molecule has 0 bridgehead atoms. The van der Waals surface area contributed by atoms with Crippen LogP contribution in [-0.2, 0) is 12.8 Å². The van der Waals surface area contributed by atoms with Crippen LogP contribution in [-0.4, -0.2) is 0 Å². The van der Waals surface area contributed by atoms with E-state index in [1.54, 1.807) is 19.1 Å². The summed E-state index contributed by atoms with van der Waals surface area (Å²) in [5.41, 5.74) is 0.271. The molecule has 0 nitrogen and oxygen atoms in total. The average molecular weight is 418 g/mol. The molecule has 30 heavy (non-hydrogen) atoms. The Morgan fingerprint density at radius 3 is 2.10 bits per heavy atom. The highest BCUT2D eigenvalue weighted by molar-refractivity contribution is 5.91. The van der Waals surface area contributed by atoms with E-state index >= 15 is 0 Å². The zero-order chi connectivity index (χ0) is 21.8. The van der Waals surface area contributed by atoms with E-state index in [1.807, 2.05) is 0 Å². The van der Waals surface area contributed by atoms with Gasteiger partial charge in [0.1, 0.15) is 5.82 Å². The van der Waals surface area contributed by atoms with Crippen molar-refractivity contribution in [2.24, 2.45) is 0 Å². The summed E-state index contributed by atoms with van der Waals surface area (Å²) in [6.07, 6.45) is 4.29. The Morgan fingerprint density at radius 1 is 0.767 bits per heavy atom. The van der Waals surface area contributed by atoms with Crippen LogP contribution < -0.4 is 0 Å². The van der Waals surface area contributed by atoms with E-state index in [0.29, 0.717) is 6.42 Å². The van der Waals surface area contributed by atoms with Crippen LogP contribution in [0.4, 0.5) is 22.0 Å². The van der Waals surface area contributed by atoms with E-state index in [-0.39, 0.29) is 16.5 Å². The van der Waals surface area contributed by atoms with E-state index in [9.17, 15) is 22.0 Å². The van der Waals surface area contributed by atoms with Crippen molar-refractivity contribution in [2.75, 3.05) is 0 Å². The van der Waals surface area contributed by atoms with Gasteiger partial charge < -0.3 is 0 Å². The molecule has 158 valence electrons. The van der Waals surface area contributed by atoms with Gasteiger partial charge in [0.25, 0.3) is 0 Å². The van der Waals surface area contributed by atoms with Gasteiger partial charge >= 0.3 is 0 Å². The first-order valence-electron chi connectivity index (χ1n) is 10.1. The van der Waals surface area contributed by atoms with E-state index < -0.39 is 40.1 Å². The van der Waals surface area contributed by atoms with Crippen molar-refractivity contribution < 1.29 is 22.0 Å². The number of unbranched alkanes of at least 4 members (excludes halogenated alkanes) is 2. The number of hydrogen-bond donors (Lipinski definition) is 0. The molecule has 0 aliphatic rings. The van der Waals surface area contributed by atoms with Crippen LogP contribution in [0.5, 0.6) is 0 Å². The molecule has 0 heterocycles. The highest BCUT2D eigenvalue weighted by Gasteiger charge is 2.23. The predicted molar refractivity (Wildman–Crippen MR) is 112 cm³/mol. The fourth-order valence-corrected chi connectivity index (χ4v) is 3.50. The maximum atomic E-state index is 14.8. The molecule has 0 unspecified atom stereocenters. The van der Waals surface area contributed by atoms with Gasteiger partial charge in [-0.25, -0.2) is 22.0 Å². The van der Waals surface area contributed by atoms with Crippen LogP contribution in [0.2, 0.25) is 0 Å². The maximum Gasteiger partial charge on any atom is 0.170 e. The van der Waals surface area contributed by atoms with Crippen molar-refractivity contribution in [1.29, 1.82) is 0 Å². The molecule has 3 aromatic carbocycles. The predicted octanol–water partition coefficient (Wildman–Crippen LogP) is 8.32. The van der Waals surface area contributed by atoms with Crippen molar-refractivity contribution >= 4 is 22.4 Å². The fourth-order valence-electron chi connectivity index (χ4n) is 3.50. The zero-order valence-electron chi connectivity index (χ0n) is 17.0. The third-order valence-electron chi connectivity index (χ3n) is 5.29. The van der Waals surface area contributed by atoms with Gasteiger partial charge in [0, 0.05) is 5.56 Å². The molecule has 0 spiro atoms. The van der Waals surface area contributed by atoms with Crippen LogP contribution in [0.3, 0.4) is 0 Å². The first-order chi connectivity index (χ1) is 14.4. The van der Waals surface area contributed by atoms with E-state index in [4.69, 9.17) is 0 Å². The third-order valence-corrected chi connectivity index (χ3v) is 5.29. The Labute approximate surface area is 173 Å². The highest BCUT2D eigenvalue weighted by atomic mass is 19.2. The Bertz CT molecular complexity index is 1080. The molecular formula is C25H23F5. The van der Waals surface area contributed by atoms with Crippen molar-refractivity contribution in [2.45, 2.75) is 46.0 Å². The molecule has 0 aromatic heterocycles. The molecule has 0 saturated heterocycles. The monoisotopic (exact) mass is 418 g/mol. The lowest BCUT2D eigenvalue weighted by molar-refractivity contribution is 0.505. The summed E-state index contributed by atoms with van der Waals surface area (Å²) in [5, 5.41) is -0.590. The van der Waals surface area contributed by atoms with Crippen molar-refractivity contribution in [1.82, 2.24) is 0 Å².